The van der Waals surface area contributed by atoms with Crippen LogP contribution >= 0.6 is 11.8 Å². The molecule has 3 aromatic heterocycles. The van der Waals surface area contributed by atoms with Crippen LogP contribution < -0.4 is 5.32 Å². The molecule has 0 unspecified atom stereocenters. The maximum absolute atomic E-state index is 9.53. The first-order valence-electron chi connectivity index (χ1n) is 9.48. The second-order valence-corrected chi connectivity index (χ2v) is 8.08. The molecule has 146 valence electrons. The molecule has 1 N–H and O–H groups in total. The van der Waals surface area contributed by atoms with Crippen molar-refractivity contribution in [2.24, 2.45) is 0 Å². The van der Waals surface area contributed by atoms with Crippen molar-refractivity contribution in [1.29, 1.82) is 10.5 Å². The van der Waals surface area contributed by atoms with Crippen LogP contribution in [0.5, 0.6) is 0 Å². The number of pyridine rings is 1. The van der Waals surface area contributed by atoms with Gasteiger partial charge in [-0.25, -0.2) is 9.20 Å². The summed E-state index contributed by atoms with van der Waals surface area (Å²) in [5, 5.41) is 35.3. The van der Waals surface area contributed by atoms with Gasteiger partial charge in [0.1, 0.15) is 17.8 Å². The van der Waals surface area contributed by atoms with E-state index in [0.29, 0.717) is 22.7 Å². The molecule has 0 spiro atoms. The number of fused-ring (bicyclic) bond motifs is 1. The molecule has 0 saturated carbocycles. The van der Waals surface area contributed by atoms with E-state index in [0.717, 1.165) is 40.6 Å². The third-order valence-electron chi connectivity index (χ3n) is 5.14. The highest BCUT2D eigenvalue weighted by Gasteiger charge is 2.20. The molecule has 0 bridgehead atoms. The lowest BCUT2D eigenvalue weighted by Crippen LogP contribution is -2.13. The summed E-state index contributed by atoms with van der Waals surface area (Å²) >= 11 is 1.44. The summed E-state index contributed by atoms with van der Waals surface area (Å²) < 4.78 is 3.60. The van der Waals surface area contributed by atoms with Gasteiger partial charge in [-0.1, -0.05) is 29.1 Å². The summed E-state index contributed by atoms with van der Waals surface area (Å²) in [5.41, 5.74) is 3.38. The molecule has 8 nitrogen and oxygen atoms in total. The number of rotatable bonds is 4. The summed E-state index contributed by atoms with van der Waals surface area (Å²) in [6.07, 6.45) is 6.39. The van der Waals surface area contributed by atoms with Crippen LogP contribution in [0.3, 0.4) is 0 Å². The van der Waals surface area contributed by atoms with Gasteiger partial charge in [0.15, 0.2) is 0 Å². The molecule has 1 aliphatic rings. The summed E-state index contributed by atoms with van der Waals surface area (Å²) in [7, 11) is 0. The normalized spacial score (nSPS) is 15.9. The van der Waals surface area contributed by atoms with Gasteiger partial charge in [-0.15, -0.1) is 5.10 Å². The SMILES string of the molecule is N#Cc1ccccc1Sc1cc(-c2cn([C@H]3CCNC3)nn2)cn2ncc(C#N)c12. The Hall–Kier alpha value is -3.66. The fourth-order valence-electron chi connectivity index (χ4n) is 3.60. The van der Waals surface area contributed by atoms with E-state index in [4.69, 9.17) is 0 Å². The monoisotopic (exact) mass is 412 g/mol. The van der Waals surface area contributed by atoms with E-state index in [9.17, 15) is 10.5 Å². The van der Waals surface area contributed by atoms with Gasteiger partial charge >= 0.3 is 0 Å². The van der Waals surface area contributed by atoms with Gasteiger partial charge in [-0.05, 0) is 31.2 Å². The molecule has 1 aliphatic heterocycles. The number of nitrogens with zero attached hydrogens (tertiary/aromatic N) is 7. The Balaban J connectivity index is 1.61. The maximum atomic E-state index is 9.53. The molecule has 0 radical (unpaired) electrons. The van der Waals surface area contributed by atoms with Crippen LogP contribution in [-0.4, -0.2) is 37.7 Å². The second kappa shape index (κ2) is 7.64. The zero-order chi connectivity index (χ0) is 20.5. The standard InChI is InChI=1S/C21H16N8S/c22-8-14-3-1-2-4-19(14)30-20-7-15(12-29-21(20)16(9-23)10-25-29)18-13-28(27-26-18)17-5-6-24-11-17/h1-4,7,10,12-13,17,24H,5-6,11H2/t17-/m0/s1. The van der Waals surface area contributed by atoms with Crippen LogP contribution in [-0.2, 0) is 0 Å². The minimum Gasteiger partial charge on any atom is -0.315 e. The van der Waals surface area contributed by atoms with Crippen molar-refractivity contribution in [3.63, 3.8) is 0 Å². The van der Waals surface area contributed by atoms with Crippen molar-refractivity contribution in [3.05, 3.63) is 60.0 Å². The molecular weight excluding hydrogens is 396 g/mol. The van der Waals surface area contributed by atoms with Crippen molar-refractivity contribution in [3.8, 4) is 23.4 Å². The van der Waals surface area contributed by atoms with Gasteiger partial charge < -0.3 is 5.32 Å². The summed E-state index contributed by atoms with van der Waals surface area (Å²) in [6.45, 7) is 1.87. The van der Waals surface area contributed by atoms with Gasteiger partial charge in [0.2, 0.25) is 0 Å². The molecule has 30 heavy (non-hydrogen) atoms. The minimum atomic E-state index is 0.307. The van der Waals surface area contributed by atoms with Crippen LogP contribution in [0.25, 0.3) is 16.8 Å². The minimum absolute atomic E-state index is 0.307. The van der Waals surface area contributed by atoms with Crippen LogP contribution in [0, 0.1) is 22.7 Å². The van der Waals surface area contributed by atoms with Crippen molar-refractivity contribution in [2.75, 3.05) is 13.1 Å². The Morgan fingerprint density at radius 1 is 1.10 bits per heavy atom. The van der Waals surface area contributed by atoms with Crippen LogP contribution in [0.2, 0.25) is 0 Å². The lowest BCUT2D eigenvalue weighted by Gasteiger charge is -2.09. The average molecular weight is 412 g/mol. The van der Waals surface area contributed by atoms with Crippen LogP contribution in [0.1, 0.15) is 23.6 Å². The molecule has 1 saturated heterocycles. The smallest absolute Gasteiger partial charge is 0.114 e. The van der Waals surface area contributed by atoms with Crippen molar-refractivity contribution < 1.29 is 0 Å². The topological polar surface area (TPSA) is 108 Å². The van der Waals surface area contributed by atoms with E-state index in [2.05, 4.69) is 32.9 Å². The van der Waals surface area contributed by atoms with Crippen LogP contribution in [0.15, 0.2) is 58.7 Å². The second-order valence-electron chi connectivity index (χ2n) is 7.00. The molecule has 5 rings (SSSR count). The molecule has 4 aromatic rings. The summed E-state index contributed by atoms with van der Waals surface area (Å²) in [6, 6.07) is 14.1. The summed E-state index contributed by atoms with van der Waals surface area (Å²) in [4.78, 5) is 1.66. The number of benzene rings is 1. The molecule has 1 fully saturated rings. The highest BCUT2D eigenvalue weighted by atomic mass is 32.2. The molecule has 1 aromatic carbocycles. The van der Waals surface area contributed by atoms with Gasteiger partial charge in [0.25, 0.3) is 0 Å². The van der Waals surface area contributed by atoms with E-state index in [1.165, 1.54) is 11.8 Å². The molecule has 9 heteroatoms. The molecule has 0 aliphatic carbocycles. The predicted molar refractivity (Wildman–Crippen MR) is 111 cm³/mol. The molecule has 0 amide bonds. The van der Waals surface area contributed by atoms with E-state index in [1.807, 2.05) is 41.3 Å². The number of nitriles is 2. The highest BCUT2D eigenvalue weighted by Crippen LogP contribution is 2.36. The Labute approximate surface area is 176 Å². The summed E-state index contributed by atoms with van der Waals surface area (Å²) in [5.74, 6) is 0. The highest BCUT2D eigenvalue weighted by molar-refractivity contribution is 7.99. The fourth-order valence-corrected chi connectivity index (χ4v) is 4.70. The Kier molecular flexibility index (Phi) is 4.68. The predicted octanol–water partition coefficient (Wildman–Crippen LogP) is 3.02. The largest absolute Gasteiger partial charge is 0.315 e. The van der Waals surface area contributed by atoms with E-state index in [-0.39, 0.29) is 0 Å². The lowest BCUT2D eigenvalue weighted by molar-refractivity contribution is 0.476. The number of aromatic nitrogens is 5. The number of hydrogen-bond acceptors (Lipinski definition) is 7. The van der Waals surface area contributed by atoms with Crippen LogP contribution in [0.4, 0.5) is 0 Å². The third kappa shape index (κ3) is 3.20. The molecule has 1 atom stereocenters. The zero-order valence-electron chi connectivity index (χ0n) is 15.9. The molecule has 4 heterocycles. The number of hydrogen-bond donors (Lipinski definition) is 1. The number of nitrogens with one attached hydrogen (secondary N) is 1. The first kappa shape index (κ1) is 18.4. The van der Waals surface area contributed by atoms with Gasteiger partial charge in [0.05, 0.1) is 35.1 Å². The lowest BCUT2D eigenvalue weighted by atomic mass is 10.2. The van der Waals surface area contributed by atoms with E-state index >= 15 is 0 Å². The quantitative estimate of drug-likeness (QED) is 0.549. The molecular formula is C21H16N8S. The Morgan fingerprint density at radius 3 is 2.77 bits per heavy atom. The average Bonchev–Trinajstić information content (AvgIpc) is 3.53. The van der Waals surface area contributed by atoms with Gasteiger partial charge in [-0.2, -0.15) is 15.6 Å². The fraction of sp³-hybridized carbons (Fsp3) is 0.190. The zero-order valence-corrected chi connectivity index (χ0v) is 16.7. The van der Waals surface area contributed by atoms with Crippen molar-refractivity contribution in [1.82, 2.24) is 29.9 Å². The third-order valence-corrected chi connectivity index (χ3v) is 6.25. The Morgan fingerprint density at radius 2 is 1.97 bits per heavy atom. The van der Waals surface area contributed by atoms with Crippen molar-refractivity contribution in [2.45, 2.75) is 22.3 Å². The van der Waals surface area contributed by atoms with Gasteiger partial charge in [-0.3, -0.25) is 0 Å². The van der Waals surface area contributed by atoms with Crippen molar-refractivity contribution >= 4 is 17.3 Å². The van der Waals surface area contributed by atoms with E-state index in [1.54, 1.807) is 16.8 Å². The first-order chi connectivity index (χ1) is 14.8. The first-order valence-corrected chi connectivity index (χ1v) is 10.3. The van der Waals surface area contributed by atoms with Gasteiger partial charge in [0, 0.05) is 28.1 Å². The Bertz CT molecular complexity index is 1320. The van der Waals surface area contributed by atoms with E-state index < -0.39 is 0 Å². The maximum Gasteiger partial charge on any atom is 0.114 e.